The van der Waals surface area contributed by atoms with E-state index in [-0.39, 0.29) is 0 Å². The molecule has 2 heteroatoms. The van der Waals surface area contributed by atoms with Crippen LogP contribution in [0.1, 0.15) is 52.4 Å². The molecule has 0 amide bonds. The molecule has 0 saturated heterocycles. The van der Waals surface area contributed by atoms with Crippen molar-refractivity contribution in [1.29, 1.82) is 0 Å². The lowest BCUT2D eigenvalue weighted by molar-refractivity contribution is 0.142. The Labute approximate surface area is 113 Å². The van der Waals surface area contributed by atoms with Gasteiger partial charge in [-0.1, -0.05) is 20.3 Å². The molecule has 0 aliphatic heterocycles. The maximum Gasteiger partial charge on any atom is 0.0465 e. The van der Waals surface area contributed by atoms with Crippen molar-refractivity contribution < 1.29 is 4.74 Å². The number of rotatable bonds is 8. The molecule has 0 heterocycles. The Kier molecular flexibility index (Phi) is 5.50. The summed E-state index contributed by atoms with van der Waals surface area (Å²) in [6, 6.07) is 0.732. The number of ether oxygens (including phenoxy) is 1. The average molecular weight is 253 g/mol. The molecule has 2 aliphatic rings. The fourth-order valence-electron chi connectivity index (χ4n) is 4.30. The SMILES string of the molecule is CCCNC(C(C)CCOC)C1CC2CCC1C2. The van der Waals surface area contributed by atoms with Crippen LogP contribution >= 0.6 is 0 Å². The molecule has 2 aliphatic carbocycles. The third-order valence-electron chi connectivity index (χ3n) is 5.27. The largest absolute Gasteiger partial charge is 0.385 e. The van der Waals surface area contributed by atoms with Gasteiger partial charge in [-0.2, -0.15) is 0 Å². The van der Waals surface area contributed by atoms with Crippen LogP contribution in [0.15, 0.2) is 0 Å². The Balaban J connectivity index is 1.91. The van der Waals surface area contributed by atoms with Crippen LogP contribution in [0.2, 0.25) is 0 Å². The molecule has 2 saturated carbocycles. The minimum atomic E-state index is 0.732. The summed E-state index contributed by atoms with van der Waals surface area (Å²) >= 11 is 0. The molecule has 2 rings (SSSR count). The van der Waals surface area contributed by atoms with Gasteiger partial charge in [0.05, 0.1) is 0 Å². The maximum atomic E-state index is 5.26. The zero-order chi connectivity index (χ0) is 13.0. The number of hydrogen-bond donors (Lipinski definition) is 1. The van der Waals surface area contributed by atoms with Crippen LogP contribution in [-0.4, -0.2) is 26.3 Å². The van der Waals surface area contributed by atoms with Crippen molar-refractivity contribution in [1.82, 2.24) is 5.32 Å². The van der Waals surface area contributed by atoms with Crippen molar-refractivity contribution in [3.63, 3.8) is 0 Å². The van der Waals surface area contributed by atoms with Crippen molar-refractivity contribution >= 4 is 0 Å². The Morgan fingerprint density at radius 2 is 2.11 bits per heavy atom. The monoisotopic (exact) mass is 253 g/mol. The summed E-state index contributed by atoms with van der Waals surface area (Å²) < 4.78 is 5.26. The van der Waals surface area contributed by atoms with Gasteiger partial charge in [0.15, 0.2) is 0 Å². The first-order valence-corrected chi connectivity index (χ1v) is 7.98. The van der Waals surface area contributed by atoms with Gasteiger partial charge in [0.2, 0.25) is 0 Å². The summed E-state index contributed by atoms with van der Waals surface area (Å²) in [4.78, 5) is 0. The predicted molar refractivity (Wildman–Crippen MR) is 76.7 cm³/mol. The van der Waals surface area contributed by atoms with Crippen LogP contribution in [0, 0.1) is 23.7 Å². The zero-order valence-electron chi connectivity index (χ0n) is 12.5. The second kappa shape index (κ2) is 6.91. The second-order valence-corrected chi connectivity index (χ2v) is 6.58. The summed E-state index contributed by atoms with van der Waals surface area (Å²) in [5.74, 6) is 3.78. The first-order valence-electron chi connectivity index (χ1n) is 7.98. The predicted octanol–water partition coefficient (Wildman–Crippen LogP) is 3.46. The molecule has 0 aromatic heterocycles. The van der Waals surface area contributed by atoms with Gasteiger partial charge in [0, 0.05) is 19.8 Å². The third kappa shape index (κ3) is 3.27. The minimum Gasteiger partial charge on any atom is -0.385 e. The topological polar surface area (TPSA) is 21.3 Å². The quantitative estimate of drug-likeness (QED) is 0.715. The first kappa shape index (κ1) is 14.3. The van der Waals surface area contributed by atoms with Crippen LogP contribution in [0.5, 0.6) is 0 Å². The summed E-state index contributed by atoms with van der Waals surface area (Å²) in [7, 11) is 1.82. The lowest BCUT2D eigenvalue weighted by Gasteiger charge is -2.35. The average Bonchev–Trinajstić information content (AvgIpc) is 2.99. The van der Waals surface area contributed by atoms with E-state index in [0.717, 1.165) is 36.3 Å². The Morgan fingerprint density at radius 1 is 1.28 bits per heavy atom. The standard InChI is InChI=1S/C16H31NO/c1-4-8-17-16(12(2)7-9-18-3)15-11-13-5-6-14(15)10-13/h12-17H,4-11H2,1-3H3. The first-order chi connectivity index (χ1) is 8.76. The Bertz CT molecular complexity index is 243. The van der Waals surface area contributed by atoms with Gasteiger partial charge in [-0.05, 0) is 62.3 Å². The molecule has 0 spiro atoms. The van der Waals surface area contributed by atoms with E-state index >= 15 is 0 Å². The highest BCUT2D eigenvalue weighted by molar-refractivity contribution is 4.96. The van der Waals surface area contributed by atoms with Crippen LogP contribution in [-0.2, 0) is 4.74 Å². The molecule has 5 unspecified atom stereocenters. The molecule has 0 aromatic rings. The van der Waals surface area contributed by atoms with Crippen LogP contribution < -0.4 is 5.32 Å². The van der Waals surface area contributed by atoms with Crippen molar-refractivity contribution in [2.24, 2.45) is 23.7 Å². The molecule has 5 atom stereocenters. The lowest BCUT2D eigenvalue weighted by Crippen LogP contribution is -2.44. The minimum absolute atomic E-state index is 0.732. The van der Waals surface area contributed by atoms with Crippen molar-refractivity contribution in [3.8, 4) is 0 Å². The lowest BCUT2D eigenvalue weighted by atomic mass is 9.77. The van der Waals surface area contributed by atoms with E-state index in [0.29, 0.717) is 0 Å². The molecular formula is C16H31NO. The summed E-state index contributed by atoms with van der Waals surface area (Å²) in [5.41, 5.74) is 0. The van der Waals surface area contributed by atoms with Gasteiger partial charge >= 0.3 is 0 Å². The molecule has 18 heavy (non-hydrogen) atoms. The fraction of sp³-hybridized carbons (Fsp3) is 1.00. The molecule has 0 aromatic carbocycles. The highest BCUT2D eigenvalue weighted by Crippen LogP contribution is 2.50. The van der Waals surface area contributed by atoms with E-state index in [1.165, 1.54) is 45.1 Å². The number of methoxy groups -OCH3 is 1. The van der Waals surface area contributed by atoms with Gasteiger partial charge in [-0.15, -0.1) is 0 Å². The van der Waals surface area contributed by atoms with Crippen LogP contribution in [0.25, 0.3) is 0 Å². The summed E-state index contributed by atoms with van der Waals surface area (Å²) in [6.45, 7) is 6.77. The summed E-state index contributed by atoms with van der Waals surface area (Å²) in [6.07, 6.45) is 8.46. The number of fused-ring (bicyclic) bond motifs is 2. The van der Waals surface area contributed by atoms with E-state index in [4.69, 9.17) is 4.74 Å². The van der Waals surface area contributed by atoms with E-state index in [9.17, 15) is 0 Å². The molecule has 106 valence electrons. The van der Waals surface area contributed by atoms with Crippen molar-refractivity contribution in [2.75, 3.05) is 20.3 Å². The molecule has 2 nitrogen and oxygen atoms in total. The van der Waals surface area contributed by atoms with Gasteiger partial charge in [0.1, 0.15) is 0 Å². The zero-order valence-corrected chi connectivity index (χ0v) is 12.5. The molecular weight excluding hydrogens is 222 g/mol. The van der Waals surface area contributed by atoms with Gasteiger partial charge in [-0.3, -0.25) is 0 Å². The van der Waals surface area contributed by atoms with Crippen molar-refractivity contribution in [3.05, 3.63) is 0 Å². The molecule has 1 N–H and O–H groups in total. The molecule has 0 radical (unpaired) electrons. The van der Waals surface area contributed by atoms with Gasteiger partial charge < -0.3 is 10.1 Å². The number of hydrogen-bond acceptors (Lipinski definition) is 2. The highest BCUT2D eigenvalue weighted by atomic mass is 16.5. The Morgan fingerprint density at radius 3 is 2.67 bits per heavy atom. The van der Waals surface area contributed by atoms with Crippen molar-refractivity contribution in [2.45, 2.75) is 58.4 Å². The third-order valence-corrected chi connectivity index (χ3v) is 5.27. The Hall–Kier alpha value is -0.0800. The summed E-state index contributed by atoms with van der Waals surface area (Å²) in [5, 5.41) is 3.85. The van der Waals surface area contributed by atoms with E-state index in [1.54, 1.807) is 0 Å². The van der Waals surface area contributed by atoms with E-state index in [2.05, 4.69) is 19.2 Å². The van der Waals surface area contributed by atoms with E-state index in [1.807, 2.05) is 7.11 Å². The van der Waals surface area contributed by atoms with Gasteiger partial charge in [-0.25, -0.2) is 0 Å². The number of nitrogens with one attached hydrogen (secondary N) is 1. The van der Waals surface area contributed by atoms with Crippen LogP contribution in [0.3, 0.4) is 0 Å². The van der Waals surface area contributed by atoms with Gasteiger partial charge in [0.25, 0.3) is 0 Å². The maximum absolute atomic E-state index is 5.26. The smallest absolute Gasteiger partial charge is 0.0465 e. The van der Waals surface area contributed by atoms with E-state index < -0.39 is 0 Å². The fourth-order valence-corrected chi connectivity index (χ4v) is 4.30. The normalized spacial score (nSPS) is 33.8. The highest BCUT2D eigenvalue weighted by Gasteiger charge is 2.43. The second-order valence-electron chi connectivity index (χ2n) is 6.58. The molecule has 2 fully saturated rings. The molecule has 2 bridgehead atoms. The van der Waals surface area contributed by atoms with Crippen LogP contribution in [0.4, 0.5) is 0 Å².